The summed E-state index contributed by atoms with van der Waals surface area (Å²) in [4.78, 5) is 29.5. The molecule has 0 bridgehead atoms. The molecule has 1 heterocycles. The second-order valence-electron chi connectivity index (χ2n) is 9.15. The molecule has 1 amide bonds. The second kappa shape index (κ2) is 12.3. The van der Waals surface area contributed by atoms with Crippen molar-refractivity contribution >= 4 is 34.8 Å². The van der Waals surface area contributed by atoms with Crippen molar-refractivity contribution in [1.82, 2.24) is 5.32 Å². The molecule has 6 nitrogen and oxygen atoms in total. The highest BCUT2D eigenvalue weighted by atomic mass is 32.2. The number of carbonyl (C=O) groups is 2. The summed E-state index contributed by atoms with van der Waals surface area (Å²) in [5, 5.41) is 3.15. The van der Waals surface area contributed by atoms with Gasteiger partial charge in [-0.05, 0) is 42.3 Å². The smallest absolute Gasteiger partial charge is 0.221 e. The number of thioether (sulfide) groups is 1. The van der Waals surface area contributed by atoms with Gasteiger partial charge in [-0.25, -0.2) is 0 Å². The van der Waals surface area contributed by atoms with E-state index in [0.717, 1.165) is 5.69 Å². The van der Waals surface area contributed by atoms with Crippen LogP contribution in [0.3, 0.4) is 0 Å². The van der Waals surface area contributed by atoms with Gasteiger partial charge in [-0.1, -0.05) is 43.8 Å². The van der Waals surface area contributed by atoms with Gasteiger partial charge in [0, 0.05) is 56.5 Å². The SMILES string of the molecule is Cc1ccc2c(c1)SC(c1ccc(N(C)CCC(=O)NCCOCCC(=O)C(C)C)cc1)N2C. The predicted octanol–water partition coefficient (Wildman–Crippen LogP) is 4.81. The Hall–Kier alpha value is -2.51. The third-order valence-electron chi connectivity index (χ3n) is 6.08. The molecule has 1 atom stereocenters. The Morgan fingerprint density at radius 3 is 2.56 bits per heavy atom. The fraction of sp³-hybridized carbons (Fsp3) is 0.481. The zero-order valence-corrected chi connectivity index (χ0v) is 21.8. The quantitative estimate of drug-likeness (QED) is 0.437. The number of nitrogens with zero attached hydrogens (tertiary/aromatic N) is 2. The topological polar surface area (TPSA) is 61.9 Å². The van der Waals surface area contributed by atoms with Gasteiger partial charge in [-0.15, -0.1) is 0 Å². The molecular weight excluding hydrogens is 446 g/mol. The molecule has 0 radical (unpaired) electrons. The minimum atomic E-state index is 0.00219. The Labute approximate surface area is 208 Å². The van der Waals surface area contributed by atoms with E-state index in [0.29, 0.717) is 39.1 Å². The van der Waals surface area contributed by atoms with Crippen molar-refractivity contribution in [3.05, 3.63) is 53.6 Å². The lowest BCUT2D eigenvalue weighted by Gasteiger charge is -2.23. The zero-order chi connectivity index (χ0) is 24.7. The fourth-order valence-electron chi connectivity index (χ4n) is 3.83. The summed E-state index contributed by atoms with van der Waals surface area (Å²) in [6.07, 6.45) is 0.845. The molecule has 0 saturated heterocycles. The maximum atomic E-state index is 12.1. The molecule has 34 heavy (non-hydrogen) atoms. The summed E-state index contributed by atoms with van der Waals surface area (Å²) in [6, 6.07) is 15.2. The molecule has 7 heteroatoms. The number of benzene rings is 2. The highest BCUT2D eigenvalue weighted by Crippen LogP contribution is 2.50. The van der Waals surface area contributed by atoms with Crippen LogP contribution in [-0.2, 0) is 14.3 Å². The van der Waals surface area contributed by atoms with Crippen LogP contribution in [0.4, 0.5) is 11.4 Å². The van der Waals surface area contributed by atoms with Gasteiger partial charge in [-0.3, -0.25) is 9.59 Å². The Balaban J connectivity index is 1.38. The summed E-state index contributed by atoms with van der Waals surface area (Å²) in [5.74, 6) is 0.248. The number of carbonyl (C=O) groups excluding carboxylic acids is 2. The van der Waals surface area contributed by atoms with Crippen LogP contribution in [0.5, 0.6) is 0 Å². The lowest BCUT2D eigenvalue weighted by molar-refractivity contribution is -0.123. The number of ketones is 1. The number of rotatable bonds is 12. The van der Waals surface area contributed by atoms with Crippen LogP contribution >= 0.6 is 11.8 Å². The molecule has 0 spiro atoms. The van der Waals surface area contributed by atoms with Crippen molar-refractivity contribution in [3.63, 3.8) is 0 Å². The fourth-order valence-corrected chi connectivity index (χ4v) is 5.22. The molecule has 1 aliphatic heterocycles. The van der Waals surface area contributed by atoms with E-state index in [1.807, 2.05) is 32.7 Å². The third kappa shape index (κ3) is 7.00. The first-order valence-electron chi connectivity index (χ1n) is 11.9. The van der Waals surface area contributed by atoms with Crippen LogP contribution in [0.15, 0.2) is 47.4 Å². The maximum absolute atomic E-state index is 12.1. The van der Waals surface area contributed by atoms with Gasteiger partial charge in [0.2, 0.25) is 5.91 Å². The van der Waals surface area contributed by atoms with Gasteiger partial charge in [0.15, 0.2) is 0 Å². The molecule has 1 aliphatic rings. The van der Waals surface area contributed by atoms with Gasteiger partial charge >= 0.3 is 0 Å². The minimum Gasteiger partial charge on any atom is -0.379 e. The normalized spacial score (nSPS) is 14.9. The summed E-state index contributed by atoms with van der Waals surface area (Å²) in [5.41, 5.74) is 4.93. The van der Waals surface area contributed by atoms with Crippen molar-refractivity contribution in [1.29, 1.82) is 0 Å². The lowest BCUT2D eigenvalue weighted by atomic mass is 10.1. The lowest BCUT2D eigenvalue weighted by Crippen LogP contribution is -2.31. The van der Waals surface area contributed by atoms with E-state index in [2.05, 4.69) is 71.6 Å². The van der Waals surface area contributed by atoms with Crippen molar-refractivity contribution in [2.75, 3.05) is 50.2 Å². The summed E-state index contributed by atoms with van der Waals surface area (Å²) < 4.78 is 5.44. The van der Waals surface area contributed by atoms with Gasteiger partial charge in [-0.2, -0.15) is 0 Å². The van der Waals surface area contributed by atoms with E-state index in [4.69, 9.17) is 4.74 Å². The highest BCUT2D eigenvalue weighted by molar-refractivity contribution is 8.00. The number of fused-ring (bicyclic) bond motifs is 1. The van der Waals surface area contributed by atoms with Crippen LogP contribution in [0, 0.1) is 12.8 Å². The standard InChI is InChI=1S/C27H37N3O3S/c1-19(2)24(31)13-16-33-17-14-28-26(32)12-15-29(4)22-9-7-21(8-10-22)27-30(5)23-11-6-20(3)18-25(23)34-27/h6-11,18-19,27H,12-17H2,1-5H3,(H,28,32). The van der Waals surface area contributed by atoms with E-state index < -0.39 is 0 Å². The molecule has 1 unspecified atom stereocenters. The largest absolute Gasteiger partial charge is 0.379 e. The van der Waals surface area contributed by atoms with Gasteiger partial charge in [0.05, 0.1) is 18.9 Å². The molecule has 1 N–H and O–H groups in total. The van der Waals surface area contributed by atoms with Gasteiger partial charge in [0.25, 0.3) is 0 Å². The molecule has 2 aromatic rings. The molecule has 0 aliphatic carbocycles. The van der Waals surface area contributed by atoms with E-state index >= 15 is 0 Å². The molecular formula is C27H37N3O3S. The average molecular weight is 484 g/mol. The monoisotopic (exact) mass is 483 g/mol. The summed E-state index contributed by atoms with van der Waals surface area (Å²) in [6.45, 7) is 7.84. The number of hydrogen-bond donors (Lipinski definition) is 1. The summed E-state index contributed by atoms with van der Waals surface area (Å²) >= 11 is 1.89. The van der Waals surface area contributed by atoms with Gasteiger partial charge < -0.3 is 19.9 Å². The molecule has 0 saturated carbocycles. The Morgan fingerprint density at radius 1 is 1.12 bits per heavy atom. The van der Waals surface area contributed by atoms with Gasteiger partial charge in [0.1, 0.15) is 11.2 Å². The minimum absolute atomic E-state index is 0.00219. The molecule has 2 aromatic carbocycles. The third-order valence-corrected chi connectivity index (χ3v) is 7.48. The van der Waals surface area contributed by atoms with Crippen molar-refractivity contribution in [2.24, 2.45) is 5.92 Å². The number of amides is 1. The van der Waals surface area contributed by atoms with Crippen LogP contribution in [0.2, 0.25) is 0 Å². The van der Waals surface area contributed by atoms with E-state index in [-0.39, 0.29) is 23.0 Å². The maximum Gasteiger partial charge on any atom is 0.221 e. The molecule has 0 aromatic heterocycles. The molecule has 184 valence electrons. The number of anilines is 2. The zero-order valence-electron chi connectivity index (χ0n) is 21.0. The highest BCUT2D eigenvalue weighted by Gasteiger charge is 2.28. The van der Waals surface area contributed by atoms with Crippen LogP contribution in [0.1, 0.15) is 43.2 Å². The molecule has 0 fully saturated rings. The van der Waals surface area contributed by atoms with E-state index in [9.17, 15) is 9.59 Å². The van der Waals surface area contributed by atoms with E-state index in [1.165, 1.54) is 21.7 Å². The number of aryl methyl sites for hydroxylation is 1. The van der Waals surface area contributed by atoms with Crippen LogP contribution in [-0.4, -0.2) is 52.1 Å². The Morgan fingerprint density at radius 2 is 1.85 bits per heavy atom. The van der Waals surface area contributed by atoms with E-state index in [1.54, 1.807) is 0 Å². The van der Waals surface area contributed by atoms with Crippen molar-refractivity contribution in [2.45, 2.75) is 43.9 Å². The Kier molecular flexibility index (Phi) is 9.42. The second-order valence-corrected chi connectivity index (χ2v) is 10.3. The summed E-state index contributed by atoms with van der Waals surface area (Å²) in [7, 11) is 4.15. The number of Topliss-reactive ketones (excluding diaryl/α,β-unsaturated/α-hetero) is 1. The number of nitrogens with one attached hydrogen (secondary N) is 1. The molecule has 3 rings (SSSR count). The number of hydrogen-bond acceptors (Lipinski definition) is 6. The first kappa shape index (κ1) is 26.1. The van der Waals surface area contributed by atoms with Crippen molar-refractivity contribution < 1.29 is 14.3 Å². The predicted molar refractivity (Wildman–Crippen MR) is 141 cm³/mol. The average Bonchev–Trinajstić information content (AvgIpc) is 3.14. The first-order valence-corrected chi connectivity index (χ1v) is 12.8. The first-order chi connectivity index (χ1) is 16.3. The van der Waals surface area contributed by atoms with Crippen LogP contribution < -0.4 is 15.1 Å². The Bertz CT molecular complexity index is 978. The van der Waals surface area contributed by atoms with Crippen molar-refractivity contribution in [3.8, 4) is 0 Å². The van der Waals surface area contributed by atoms with Crippen LogP contribution in [0.25, 0.3) is 0 Å². The number of ether oxygens (including phenoxy) is 1.